The van der Waals surface area contributed by atoms with Gasteiger partial charge >= 0.3 is 0 Å². The lowest BCUT2D eigenvalue weighted by Crippen LogP contribution is -1.92. The Morgan fingerprint density at radius 2 is 0.692 bits per heavy atom. The Morgan fingerprint density at radius 1 is 0.262 bits per heavy atom. The van der Waals surface area contributed by atoms with E-state index in [1.54, 1.807) is 0 Å². The van der Waals surface area contributed by atoms with Crippen molar-refractivity contribution in [3.63, 3.8) is 0 Å². The number of hydrogen-bond acceptors (Lipinski definition) is 3. The van der Waals surface area contributed by atoms with Crippen molar-refractivity contribution in [2.45, 2.75) is 0 Å². The van der Waals surface area contributed by atoms with Crippen LogP contribution < -0.4 is 0 Å². The summed E-state index contributed by atoms with van der Waals surface area (Å²) in [5.74, 6) is 0. The Hall–Kier alpha value is -8.24. The minimum absolute atomic E-state index is 1.08. The van der Waals surface area contributed by atoms with E-state index < -0.39 is 0 Å². The molecule has 0 fully saturated rings. The summed E-state index contributed by atoms with van der Waals surface area (Å²) in [6, 6.07) is 75.9. The number of pyridine rings is 2. The Bertz CT molecular complexity index is 3810. The highest BCUT2D eigenvalue weighted by Gasteiger charge is 2.22. The Labute approximate surface area is 380 Å². The fourth-order valence-corrected chi connectivity index (χ4v) is 11.6. The van der Waals surface area contributed by atoms with Crippen molar-refractivity contribution in [3.05, 3.63) is 231 Å². The van der Waals surface area contributed by atoms with Crippen LogP contribution in [0, 0.1) is 0 Å². The number of thiophene rings is 1. The minimum Gasteiger partial charge on any atom is -0.264 e. The number of aromatic nitrogens is 2. The van der Waals surface area contributed by atoms with Crippen LogP contribution in [-0.2, 0) is 0 Å². The molecule has 0 N–H and O–H groups in total. The minimum atomic E-state index is 1.08. The summed E-state index contributed by atoms with van der Waals surface area (Å²) in [6.45, 7) is 0. The SMILES string of the molecule is c1ccc(-c2c3ccccc3c(-c3ccc4sc5c(-c6c7ccccc7c(-c7cc(-c8cccnc8)cc(-c8cccnc8)c7)c7ccccc67)cccc5c4c3)c3ccccc23)cc1. The molecule has 302 valence electrons. The van der Waals surface area contributed by atoms with Crippen LogP contribution in [0.2, 0.25) is 0 Å². The van der Waals surface area contributed by atoms with Crippen LogP contribution in [-0.4, -0.2) is 9.97 Å². The molecule has 0 aliphatic heterocycles. The van der Waals surface area contributed by atoms with E-state index in [1.165, 1.54) is 102 Å². The first kappa shape index (κ1) is 37.3. The topological polar surface area (TPSA) is 25.8 Å². The second-order valence-electron chi connectivity index (χ2n) is 16.8. The van der Waals surface area contributed by atoms with Gasteiger partial charge in [-0.1, -0.05) is 164 Å². The highest BCUT2D eigenvalue weighted by atomic mass is 32.1. The molecule has 0 saturated carbocycles. The smallest absolute Gasteiger partial charge is 0.0434 e. The summed E-state index contributed by atoms with van der Waals surface area (Å²) in [4.78, 5) is 9.00. The van der Waals surface area contributed by atoms with E-state index in [9.17, 15) is 0 Å². The predicted octanol–water partition coefficient (Wildman–Crippen LogP) is 17.5. The number of nitrogens with zero attached hydrogens (tertiary/aromatic N) is 2. The molecule has 13 aromatic rings. The van der Waals surface area contributed by atoms with Crippen LogP contribution in [0.4, 0.5) is 0 Å². The van der Waals surface area contributed by atoms with Gasteiger partial charge in [0.2, 0.25) is 0 Å². The van der Waals surface area contributed by atoms with Crippen molar-refractivity contribution in [2.75, 3.05) is 0 Å². The van der Waals surface area contributed by atoms with Crippen LogP contribution in [0.3, 0.4) is 0 Å². The van der Waals surface area contributed by atoms with Gasteiger partial charge in [-0.25, -0.2) is 0 Å². The lowest BCUT2D eigenvalue weighted by molar-refractivity contribution is 1.32. The molecule has 0 atom stereocenters. The van der Waals surface area contributed by atoms with Gasteiger partial charge < -0.3 is 0 Å². The van der Waals surface area contributed by atoms with Gasteiger partial charge in [-0.3, -0.25) is 9.97 Å². The van der Waals surface area contributed by atoms with E-state index in [2.05, 4.69) is 204 Å². The Kier molecular flexibility index (Phi) is 8.75. The Morgan fingerprint density at radius 3 is 1.20 bits per heavy atom. The highest BCUT2D eigenvalue weighted by molar-refractivity contribution is 7.26. The van der Waals surface area contributed by atoms with E-state index in [-0.39, 0.29) is 0 Å². The molecule has 0 aliphatic carbocycles. The van der Waals surface area contributed by atoms with Crippen LogP contribution in [0.5, 0.6) is 0 Å². The normalized spacial score (nSPS) is 11.7. The predicted molar refractivity (Wildman–Crippen MR) is 278 cm³/mol. The van der Waals surface area contributed by atoms with Crippen molar-refractivity contribution in [1.82, 2.24) is 9.97 Å². The van der Waals surface area contributed by atoms with Gasteiger partial charge in [0.05, 0.1) is 0 Å². The quantitative estimate of drug-likeness (QED) is 0.156. The summed E-state index contributed by atoms with van der Waals surface area (Å²) in [7, 11) is 0. The van der Waals surface area contributed by atoms with E-state index in [0.717, 1.165) is 27.8 Å². The molecule has 0 spiro atoms. The van der Waals surface area contributed by atoms with Crippen LogP contribution in [0.15, 0.2) is 231 Å². The number of rotatable bonds is 6. The molecular formula is C62H38N2S. The van der Waals surface area contributed by atoms with Crippen molar-refractivity contribution in [2.24, 2.45) is 0 Å². The molecule has 10 aromatic carbocycles. The first-order chi connectivity index (χ1) is 32.3. The van der Waals surface area contributed by atoms with Crippen molar-refractivity contribution < 1.29 is 0 Å². The molecule has 0 bridgehead atoms. The van der Waals surface area contributed by atoms with Gasteiger partial charge in [-0.05, 0) is 136 Å². The zero-order chi connectivity index (χ0) is 42.8. The van der Waals surface area contributed by atoms with E-state index in [4.69, 9.17) is 0 Å². The number of benzene rings is 10. The van der Waals surface area contributed by atoms with E-state index in [1.807, 2.05) is 48.3 Å². The van der Waals surface area contributed by atoms with Crippen molar-refractivity contribution in [3.8, 4) is 66.8 Å². The zero-order valence-corrected chi connectivity index (χ0v) is 36.1. The fourth-order valence-electron chi connectivity index (χ4n) is 10.4. The molecule has 2 nitrogen and oxygen atoms in total. The second-order valence-corrected chi connectivity index (χ2v) is 17.9. The van der Waals surface area contributed by atoms with Crippen LogP contribution in [0.1, 0.15) is 0 Å². The van der Waals surface area contributed by atoms with Gasteiger partial charge in [0.15, 0.2) is 0 Å². The monoisotopic (exact) mass is 842 g/mol. The molecule has 65 heavy (non-hydrogen) atoms. The fraction of sp³-hybridized carbons (Fsp3) is 0. The zero-order valence-electron chi connectivity index (χ0n) is 35.2. The summed E-state index contributed by atoms with van der Waals surface area (Å²) in [5.41, 5.74) is 14.3. The van der Waals surface area contributed by atoms with Crippen LogP contribution >= 0.6 is 11.3 Å². The third-order valence-electron chi connectivity index (χ3n) is 13.2. The van der Waals surface area contributed by atoms with E-state index in [0.29, 0.717) is 0 Å². The molecule has 0 radical (unpaired) electrons. The highest BCUT2D eigenvalue weighted by Crippen LogP contribution is 2.50. The molecular weight excluding hydrogens is 805 g/mol. The maximum absolute atomic E-state index is 4.50. The maximum atomic E-state index is 4.50. The van der Waals surface area contributed by atoms with Gasteiger partial charge in [0, 0.05) is 61.7 Å². The number of hydrogen-bond donors (Lipinski definition) is 0. The maximum Gasteiger partial charge on any atom is 0.0434 e. The van der Waals surface area contributed by atoms with Gasteiger partial charge in [0.25, 0.3) is 0 Å². The average Bonchev–Trinajstić information content (AvgIpc) is 3.76. The molecule has 0 saturated heterocycles. The number of fused-ring (bicyclic) bond motifs is 7. The first-order valence-corrected chi connectivity index (χ1v) is 22.9. The largest absolute Gasteiger partial charge is 0.264 e. The molecule has 3 heteroatoms. The van der Waals surface area contributed by atoms with Gasteiger partial charge in [0.1, 0.15) is 0 Å². The molecule has 3 heterocycles. The van der Waals surface area contributed by atoms with Crippen molar-refractivity contribution >= 4 is 74.6 Å². The van der Waals surface area contributed by atoms with Crippen LogP contribution in [0.25, 0.3) is 130 Å². The average molecular weight is 843 g/mol. The van der Waals surface area contributed by atoms with Crippen molar-refractivity contribution in [1.29, 1.82) is 0 Å². The summed E-state index contributed by atoms with van der Waals surface area (Å²) in [6.07, 6.45) is 7.57. The third kappa shape index (κ3) is 6.08. The van der Waals surface area contributed by atoms with E-state index >= 15 is 0 Å². The molecule has 3 aromatic heterocycles. The third-order valence-corrected chi connectivity index (χ3v) is 14.4. The standard InChI is InChI=1S/C62H38N2S/c1-2-15-39(16-3-1)58-46-19-4-6-21-48(46)59(49-22-7-5-20-47(49)58)40-29-30-57-56(36-40)54-27-12-28-55(62(54)65-57)61-52-25-10-8-23-50(52)60(51-24-9-11-26-53(51)61)45-34-43(41-17-13-31-63-37-41)33-44(35-45)42-18-14-32-64-38-42/h1-38H. The van der Waals surface area contributed by atoms with Gasteiger partial charge in [-0.15, -0.1) is 11.3 Å². The lowest BCUT2D eigenvalue weighted by Gasteiger charge is -2.19. The summed E-state index contributed by atoms with van der Waals surface area (Å²) in [5, 5.41) is 12.5. The molecule has 0 aliphatic rings. The Balaban J connectivity index is 1.04. The molecule has 0 unspecified atom stereocenters. The summed E-state index contributed by atoms with van der Waals surface area (Å²) >= 11 is 1.90. The molecule has 0 amide bonds. The lowest BCUT2D eigenvalue weighted by atomic mass is 9.84. The molecule has 13 rings (SSSR count). The second kappa shape index (κ2) is 15.2. The summed E-state index contributed by atoms with van der Waals surface area (Å²) < 4.78 is 2.58. The first-order valence-electron chi connectivity index (χ1n) is 22.1. The van der Waals surface area contributed by atoms with Gasteiger partial charge in [-0.2, -0.15) is 0 Å².